The summed E-state index contributed by atoms with van der Waals surface area (Å²) in [5.74, 6) is -0.0915. The molecule has 0 spiro atoms. The van der Waals surface area contributed by atoms with Gasteiger partial charge in [-0.2, -0.15) is 5.10 Å². The summed E-state index contributed by atoms with van der Waals surface area (Å²) in [5.41, 5.74) is 0.699. The van der Waals surface area contributed by atoms with Crippen LogP contribution < -0.4 is 5.32 Å². The van der Waals surface area contributed by atoms with E-state index >= 15 is 0 Å². The number of carbonyl (C=O) groups excluding carboxylic acids is 1. The van der Waals surface area contributed by atoms with Gasteiger partial charge in [-0.3, -0.25) is 4.79 Å². The van der Waals surface area contributed by atoms with Crippen molar-refractivity contribution in [1.29, 1.82) is 0 Å². The van der Waals surface area contributed by atoms with E-state index in [1.807, 2.05) is 0 Å². The molecule has 106 valence electrons. The van der Waals surface area contributed by atoms with Gasteiger partial charge in [-0.05, 0) is 31.0 Å². The highest BCUT2D eigenvalue weighted by Gasteiger charge is 2.08. The maximum Gasteiger partial charge on any atom is 0.224 e. The average Bonchev–Trinajstić information content (AvgIpc) is 2.93. The van der Waals surface area contributed by atoms with E-state index in [-0.39, 0.29) is 11.6 Å². The minimum absolute atomic E-state index is 0.150. The summed E-state index contributed by atoms with van der Waals surface area (Å²) in [7, 11) is 0. The van der Waals surface area contributed by atoms with Gasteiger partial charge in [0.2, 0.25) is 5.91 Å². The Hall–Kier alpha value is -1.95. The number of rotatable bonds is 6. The first-order chi connectivity index (χ1) is 9.70. The van der Waals surface area contributed by atoms with Crippen molar-refractivity contribution in [3.63, 3.8) is 0 Å². The molecule has 0 atom stereocenters. The zero-order valence-corrected chi connectivity index (χ0v) is 11.5. The fraction of sp³-hybridized carbons (Fsp3) is 0.308. The standard InChI is InChI=1S/C13H14ClFN4O/c14-6-2-1-3-13(20)18-10-4-5-12(11(15)7-10)19-9-16-8-17-19/h4-5,7-9H,1-3,6H2,(H,18,20). The molecule has 1 amide bonds. The number of hydrogen-bond donors (Lipinski definition) is 1. The van der Waals surface area contributed by atoms with Gasteiger partial charge < -0.3 is 5.32 Å². The van der Waals surface area contributed by atoms with Crippen LogP contribution in [0.15, 0.2) is 30.9 Å². The Morgan fingerprint density at radius 3 is 2.90 bits per heavy atom. The van der Waals surface area contributed by atoms with Crippen molar-refractivity contribution in [3.8, 4) is 5.69 Å². The van der Waals surface area contributed by atoms with Gasteiger partial charge >= 0.3 is 0 Å². The summed E-state index contributed by atoms with van der Waals surface area (Å²) in [6, 6.07) is 4.42. The van der Waals surface area contributed by atoms with Gasteiger partial charge in [-0.15, -0.1) is 11.6 Å². The van der Waals surface area contributed by atoms with E-state index in [0.29, 0.717) is 18.0 Å². The third-order valence-corrected chi connectivity index (χ3v) is 2.95. The highest BCUT2D eigenvalue weighted by atomic mass is 35.5. The molecule has 2 aromatic rings. The first-order valence-electron chi connectivity index (χ1n) is 6.21. The lowest BCUT2D eigenvalue weighted by Gasteiger charge is -2.07. The number of aromatic nitrogens is 3. The molecule has 0 aliphatic heterocycles. The molecule has 20 heavy (non-hydrogen) atoms. The van der Waals surface area contributed by atoms with Crippen LogP contribution in [0.3, 0.4) is 0 Å². The smallest absolute Gasteiger partial charge is 0.224 e. The Morgan fingerprint density at radius 2 is 2.25 bits per heavy atom. The molecule has 0 aliphatic rings. The maximum atomic E-state index is 13.9. The van der Waals surface area contributed by atoms with Gasteiger partial charge in [0.05, 0.1) is 0 Å². The Kier molecular flexibility index (Phi) is 5.06. The molecular formula is C13H14ClFN4O. The summed E-state index contributed by atoms with van der Waals surface area (Å²) in [4.78, 5) is 15.4. The Morgan fingerprint density at radius 1 is 1.40 bits per heavy atom. The number of halogens is 2. The Labute approximate surface area is 120 Å². The summed E-state index contributed by atoms with van der Waals surface area (Å²) >= 11 is 5.54. The summed E-state index contributed by atoms with van der Waals surface area (Å²) in [5, 5.41) is 6.50. The lowest BCUT2D eigenvalue weighted by molar-refractivity contribution is -0.116. The monoisotopic (exact) mass is 296 g/mol. The number of anilines is 1. The van der Waals surface area contributed by atoms with E-state index in [2.05, 4.69) is 15.4 Å². The molecule has 0 saturated carbocycles. The lowest BCUT2D eigenvalue weighted by Crippen LogP contribution is -2.11. The second-order valence-corrected chi connectivity index (χ2v) is 4.58. The number of amides is 1. The van der Waals surface area contributed by atoms with Gasteiger partial charge in [0.25, 0.3) is 0 Å². The van der Waals surface area contributed by atoms with Crippen LogP contribution in [-0.2, 0) is 4.79 Å². The van der Waals surface area contributed by atoms with Crippen LogP contribution in [0.1, 0.15) is 19.3 Å². The fourth-order valence-corrected chi connectivity index (χ4v) is 1.90. The van der Waals surface area contributed by atoms with Crippen LogP contribution in [0.25, 0.3) is 5.69 Å². The largest absolute Gasteiger partial charge is 0.326 e. The highest BCUT2D eigenvalue weighted by molar-refractivity contribution is 6.17. The number of unbranched alkanes of at least 4 members (excludes halogenated alkanes) is 1. The minimum atomic E-state index is -0.478. The average molecular weight is 297 g/mol. The van der Waals surface area contributed by atoms with Gasteiger partial charge in [0, 0.05) is 18.0 Å². The van der Waals surface area contributed by atoms with Crippen LogP contribution in [0.5, 0.6) is 0 Å². The van der Waals surface area contributed by atoms with Crippen molar-refractivity contribution in [1.82, 2.24) is 14.8 Å². The van der Waals surface area contributed by atoms with Crippen LogP contribution in [0.4, 0.5) is 10.1 Å². The molecule has 0 unspecified atom stereocenters. The summed E-state index contributed by atoms with van der Waals surface area (Å²) in [6.45, 7) is 0. The molecule has 5 nitrogen and oxygen atoms in total. The van der Waals surface area contributed by atoms with Gasteiger partial charge in [-0.25, -0.2) is 14.1 Å². The zero-order valence-electron chi connectivity index (χ0n) is 10.7. The molecule has 2 rings (SSSR count). The van der Waals surface area contributed by atoms with Crippen molar-refractivity contribution < 1.29 is 9.18 Å². The topological polar surface area (TPSA) is 59.8 Å². The number of carbonyl (C=O) groups is 1. The van der Waals surface area contributed by atoms with Crippen LogP contribution in [0.2, 0.25) is 0 Å². The zero-order chi connectivity index (χ0) is 14.4. The molecular weight excluding hydrogens is 283 g/mol. The fourth-order valence-electron chi connectivity index (χ4n) is 1.71. The normalized spacial score (nSPS) is 10.5. The van der Waals surface area contributed by atoms with Gasteiger partial charge in [0.1, 0.15) is 18.3 Å². The minimum Gasteiger partial charge on any atom is -0.326 e. The molecule has 0 fully saturated rings. The quantitative estimate of drug-likeness (QED) is 0.658. The van der Waals surface area contributed by atoms with Gasteiger partial charge in [-0.1, -0.05) is 0 Å². The maximum absolute atomic E-state index is 13.9. The molecule has 1 aromatic carbocycles. The first kappa shape index (κ1) is 14.5. The molecule has 0 saturated heterocycles. The van der Waals surface area contributed by atoms with E-state index < -0.39 is 5.82 Å². The number of nitrogens with zero attached hydrogens (tertiary/aromatic N) is 3. The highest BCUT2D eigenvalue weighted by Crippen LogP contribution is 2.17. The van der Waals surface area contributed by atoms with Crippen molar-refractivity contribution in [2.45, 2.75) is 19.3 Å². The van der Waals surface area contributed by atoms with Gasteiger partial charge in [0.15, 0.2) is 5.82 Å². The Bertz CT molecular complexity index is 574. The van der Waals surface area contributed by atoms with Crippen molar-refractivity contribution >= 4 is 23.2 Å². The third-order valence-electron chi connectivity index (χ3n) is 2.68. The third kappa shape index (κ3) is 3.77. The van der Waals surface area contributed by atoms with Crippen LogP contribution in [-0.4, -0.2) is 26.6 Å². The molecule has 0 radical (unpaired) electrons. The molecule has 0 bridgehead atoms. The van der Waals surface area contributed by atoms with E-state index in [0.717, 1.165) is 12.8 Å². The van der Waals surface area contributed by atoms with Crippen molar-refractivity contribution in [2.75, 3.05) is 11.2 Å². The predicted octanol–water partition coefficient (Wildman–Crippen LogP) is 2.75. The summed E-state index contributed by atoms with van der Waals surface area (Å²) in [6.07, 6.45) is 4.61. The molecule has 1 N–H and O–H groups in total. The van der Waals surface area contributed by atoms with Crippen LogP contribution in [0, 0.1) is 5.82 Å². The van der Waals surface area contributed by atoms with E-state index in [1.54, 1.807) is 12.1 Å². The number of benzene rings is 1. The number of hydrogen-bond acceptors (Lipinski definition) is 3. The predicted molar refractivity (Wildman–Crippen MR) is 74.5 cm³/mol. The summed E-state index contributed by atoms with van der Waals surface area (Å²) < 4.78 is 15.2. The first-order valence-corrected chi connectivity index (χ1v) is 6.74. The van der Waals surface area contributed by atoms with Crippen molar-refractivity contribution in [2.24, 2.45) is 0 Å². The van der Waals surface area contributed by atoms with E-state index in [1.165, 1.54) is 23.4 Å². The number of alkyl halides is 1. The van der Waals surface area contributed by atoms with E-state index in [9.17, 15) is 9.18 Å². The second kappa shape index (κ2) is 7.00. The van der Waals surface area contributed by atoms with Crippen LogP contribution >= 0.6 is 11.6 Å². The number of nitrogens with one attached hydrogen (secondary N) is 1. The molecule has 1 heterocycles. The molecule has 7 heteroatoms. The molecule has 0 aliphatic carbocycles. The lowest BCUT2D eigenvalue weighted by atomic mass is 10.2. The van der Waals surface area contributed by atoms with Crippen molar-refractivity contribution in [3.05, 3.63) is 36.7 Å². The molecule has 1 aromatic heterocycles. The van der Waals surface area contributed by atoms with E-state index in [4.69, 9.17) is 11.6 Å². The second-order valence-electron chi connectivity index (χ2n) is 4.20. The SMILES string of the molecule is O=C(CCCCCl)Nc1ccc(-n2cncn2)c(F)c1. The Balaban J connectivity index is 2.00.